The minimum atomic E-state index is -2.81. The summed E-state index contributed by atoms with van der Waals surface area (Å²) in [6, 6.07) is -0.862. The Balaban J connectivity index is 0.00000144. The van der Waals surface area contributed by atoms with Gasteiger partial charge in [-0.25, -0.2) is 8.78 Å². The Morgan fingerprint density at radius 2 is 2.29 bits per heavy atom. The summed E-state index contributed by atoms with van der Waals surface area (Å²) in [6.45, 7) is 1.29. The van der Waals surface area contributed by atoms with Crippen molar-refractivity contribution in [2.75, 3.05) is 11.9 Å². The normalized spacial score (nSPS) is 21.9. The van der Waals surface area contributed by atoms with Crippen molar-refractivity contribution in [3.63, 3.8) is 0 Å². The molecular formula is C8H11ClF2N4OS. The summed E-state index contributed by atoms with van der Waals surface area (Å²) in [7, 11) is 0. The van der Waals surface area contributed by atoms with Gasteiger partial charge in [0.05, 0.1) is 12.6 Å². The molecule has 9 heteroatoms. The molecular weight excluding hydrogens is 274 g/mol. The van der Waals surface area contributed by atoms with E-state index in [-0.39, 0.29) is 12.4 Å². The second kappa shape index (κ2) is 5.19. The van der Waals surface area contributed by atoms with Crippen LogP contribution in [0.25, 0.3) is 0 Å². The number of alkyl halides is 2. The van der Waals surface area contributed by atoms with Crippen molar-refractivity contribution >= 4 is 34.8 Å². The average molecular weight is 285 g/mol. The standard InChI is InChI=1S/C8H10F2N4OS.ClH/c1-4-13-14-7(16-4)12-6(15)5-2-8(9,10)3-11-5;/h5,11H,2-3H2,1H3,(H,12,14,15);1H. The van der Waals surface area contributed by atoms with Crippen molar-refractivity contribution in [1.29, 1.82) is 0 Å². The third kappa shape index (κ3) is 3.55. The van der Waals surface area contributed by atoms with Crippen LogP contribution in [0.15, 0.2) is 0 Å². The highest BCUT2D eigenvalue weighted by Crippen LogP contribution is 2.26. The molecule has 2 N–H and O–H groups in total. The molecule has 1 saturated heterocycles. The summed E-state index contributed by atoms with van der Waals surface area (Å²) in [4.78, 5) is 11.5. The van der Waals surface area contributed by atoms with E-state index in [9.17, 15) is 13.6 Å². The van der Waals surface area contributed by atoms with E-state index in [0.717, 1.165) is 0 Å². The Morgan fingerprint density at radius 3 is 2.76 bits per heavy atom. The van der Waals surface area contributed by atoms with E-state index in [1.807, 2.05) is 0 Å². The lowest BCUT2D eigenvalue weighted by molar-refractivity contribution is -0.118. The number of aromatic nitrogens is 2. The molecule has 2 rings (SSSR count). The second-order valence-electron chi connectivity index (χ2n) is 3.61. The number of hydrogen-bond acceptors (Lipinski definition) is 5. The fraction of sp³-hybridized carbons (Fsp3) is 0.625. The lowest BCUT2D eigenvalue weighted by atomic mass is 10.2. The zero-order valence-corrected chi connectivity index (χ0v) is 10.5. The summed E-state index contributed by atoms with van der Waals surface area (Å²) in [5, 5.41) is 13.4. The van der Waals surface area contributed by atoms with Gasteiger partial charge in [0.1, 0.15) is 5.01 Å². The lowest BCUT2D eigenvalue weighted by Gasteiger charge is -2.08. The fourth-order valence-electron chi connectivity index (χ4n) is 1.44. The van der Waals surface area contributed by atoms with Crippen LogP contribution in [0.4, 0.5) is 13.9 Å². The van der Waals surface area contributed by atoms with Gasteiger partial charge >= 0.3 is 0 Å². The van der Waals surface area contributed by atoms with Crippen LogP contribution in [0.1, 0.15) is 11.4 Å². The van der Waals surface area contributed by atoms with Crippen molar-refractivity contribution < 1.29 is 13.6 Å². The number of anilines is 1. The topological polar surface area (TPSA) is 66.9 Å². The number of amides is 1. The van der Waals surface area contributed by atoms with E-state index in [1.54, 1.807) is 6.92 Å². The molecule has 2 heterocycles. The third-order valence-corrected chi connectivity index (χ3v) is 2.94. The Kier molecular flexibility index (Phi) is 4.34. The third-order valence-electron chi connectivity index (χ3n) is 2.18. The van der Waals surface area contributed by atoms with Gasteiger partial charge in [-0.2, -0.15) is 0 Å². The largest absolute Gasteiger partial charge is 0.300 e. The molecule has 0 aliphatic carbocycles. The summed E-state index contributed by atoms with van der Waals surface area (Å²) in [6.07, 6.45) is -0.476. The van der Waals surface area contributed by atoms with Crippen LogP contribution < -0.4 is 10.6 Å². The maximum absolute atomic E-state index is 12.8. The molecule has 1 atom stereocenters. The fourth-order valence-corrected chi connectivity index (χ4v) is 2.04. The van der Waals surface area contributed by atoms with Crippen LogP contribution in [0, 0.1) is 6.92 Å². The maximum Gasteiger partial charge on any atom is 0.262 e. The molecule has 0 saturated carbocycles. The molecule has 1 aliphatic rings. The van der Waals surface area contributed by atoms with E-state index >= 15 is 0 Å². The zero-order valence-electron chi connectivity index (χ0n) is 8.87. The highest BCUT2D eigenvalue weighted by atomic mass is 35.5. The number of nitrogens with one attached hydrogen (secondary N) is 2. The van der Waals surface area contributed by atoms with Crippen LogP contribution in [0.5, 0.6) is 0 Å². The summed E-state index contributed by atoms with van der Waals surface area (Å²) in [5.41, 5.74) is 0. The number of aryl methyl sites for hydroxylation is 1. The van der Waals surface area contributed by atoms with Crippen LogP contribution in [0.3, 0.4) is 0 Å². The van der Waals surface area contributed by atoms with Crippen molar-refractivity contribution in [1.82, 2.24) is 15.5 Å². The minimum Gasteiger partial charge on any atom is -0.300 e. The Labute approximate surface area is 106 Å². The maximum atomic E-state index is 12.8. The molecule has 1 aliphatic heterocycles. The van der Waals surface area contributed by atoms with E-state index in [1.165, 1.54) is 11.3 Å². The number of rotatable bonds is 2. The van der Waals surface area contributed by atoms with Crippen molar-refractivity contribution in [2.45, 2.75) is 25.3 Å². The first kappa shape index (κ1) is 14.2. The molecule has 96 valence electrons. The molecule has 1 aromatic heterocycles. The van der Waals surface area contributed by atoms with Gasteiger partial charge in [0, 0.05) is 6.42 Å². The minimum absolute atomic E-state index is 0. The Morgan fingerprint density at radius 1 is 1.59 bits per heavy atom. The molecule has 1 unspecified atom stereocenters. The number of halogens is 3. The quantitative estimate of drug-likeness (QED) is 0.856. The van der Waals surface area contributed by atoms with Gasteiger partial charge in [0.15, 0.2) is 0 Å². The Bertz CT molecular complexity index is 414. The molecule has 1 amide bonds. The first-order valence-electron chi connectivity index (χ1n) is 4.68. The van der Waals surface area contributed by atoms with E-state index in [0.29, 0.717) is 10.1 Å². The van der Waals surface area contributed by atoms with Gasteiger partial charge in [0.25, 0.3) is 5.92 Å². The molecule has 0 bridgehead atoms. The van der Waals surface area contributed by atoms with E-state index in [2.05, 4.69) is 20.8 Å². The van der Waals surface area contributed by atoms with E-state index < -0.39 is 30.8 Å². The Hall–Kier alpha value is -0.860. The smallest absolute Gasteiger partial charge is 0.262 e. The summed E-state index contributed by atoms with van der Waals surface area (Å²) in [5.74, 6) is -3.30. The van der Waals surface area contributed by atoms with E-state index in [4.69, 9.17) is 0 Å². The molecule has 17 heavy (non-hydrogen) atoms. The number of hydrogen-bond donors (Lipinski definition) is 2. The monoisotopic (exact) mass is 284 g/mol. The summed E-state index contributed by atoms with van der Waals surface area (Å²) >= 11 is 1.21. The SMILES string of the molecule is Cc1nnc(NC(=O)C2CC(F)(F)CN2)s1.Cl. The van der Waals surface area contributed by atoms with Crippen molar-refractivity contribution in [3.05, 3.63) is 5.01 Å². The highest BCUT2D eigenvalue weighted by molar-refractivity contribution is 7.15. The molecule has 1 aromatic rings. The predicted octanol–water partition coefficient (Wildman–Crippen LogP) is 1.20. The first-order valence-corrected chi connectivity index (χ1v) is 5.50. The van der Waals surface area contributed by atoms with Crippen molar-refractivity contribution in [3.8, 4) is 0 Å². The van der Waals surface area contributed by atoms with Gasteiger partial charge in [0.2, 0.25) is 11.0 Å². The predicted molar refractivity (Wildman–Crippen MR) is 61.9 cm³/mol. The van der Waals surface area contributed by atoms with Crippen LogP contribution in [-0.2, 0) is 4.79 Å². The molecule has 0 aromatic carbocycles. The molecule has 0 radical (unpaired) electrons. The second-order valence-corrected chi connectivity index (χ2v) is 4.79. The molecule has 5 nitrogen and oxygen atoms in total. The lowest BCUT2D eigenvalue weighted by Crippen LogP contribution is -2.35. The highest BCUT2D eigenvalue weighted by Gasteiger charge is 2.42. The number of carbonyl (C=O) groups excluding carboxylic acids is 1. The van der Waals surface area contributed by atoms with Gasteiger partial charge in [-0.05, 0) is 6.92 Å². The van der Waals surface area contributed by atoms with Crippen molar-refractivity contribution in [2.24, 2.45) is 0 Å². The van der Waals surface area contributed by atoms with Crippen LogP contribution in [0.2, 0.25) is 0 Å². The molecule has 0 spiro atoms. The molecule has 1 fully saturated rings. The number of carbonyl (C=O) groups is 1. The van der Waals surface area contributed by atoms with Crippen LogP contribution >= 0.6 is 23.7 Å². The van der Waals surface area contributed by atoms with Crippen LogP contribution in [-0.4, -0.2) is 34.6 Å². The zero-order chi connectivity index (χ0) is 11.8. The first-order chi connectivity index (χ1) is 7.46. The average Bonchev–Trinajstić information content (AvgIpc) is 2.72. The number of nitrogens with zero attached hydrogens (tertiary/aromatic N) is 2. The van der Waals surface area contributed by atoms with Gasteiger partial charge in [-0.3, -0.25) is 15.4 Å². The summed E-state index contributed by atoms with van der Waals surface area (Å²) < 4.78 is 25.7. The van der Waals surface area contributed by atoms with Gasteiger partial charge < -0.3 is 0 Å². The van der Waals surface area contributed by atoms with Gasteiger partial charge in [-0.15, -0.1) is 22.6 Å². The van der Waals surface area contributed by atoms with Gasteiger partial charge in [-0.1, -0.05) is 11.3 Å².